The number of hydrogen-bond donors (Lipinski definition) is 0. The van der Waals surface area contributed by atoms with Gasteiger partial charge < -0.3 is 13.7 Å². The Bertz CT molecular complexity index is 10100. The average molecular weight is 1890 g/mol. The maximum atomic E-state index is 10.8. The average Bonchev–Trinajstić information content (AvgIpc) is 1.56. The van der Waals surface area contributed by atoms with Crippen LogP contribution in [-0.2, 0) is 0 Å². The predicted molar refractivity (Wildman–Crippen MR) is 578 cm³/mol. The Morgan fingerprint density at radius 1 is 0.181 bits per heavy atom. The number of nitriles is 6. The van der Waals surface area contributed by atoms with E-state index in [0.29, 0.717) is 86.2 Å². The van der Waals surface area contributed by atoms with Gasteiger partial charge in [0, 0.05) is 138 Å². The van der Waals surface area contributed by atoms with Crippen molar-refractivity contribution in [2.75, 3.05) is 0 Å². The summed E-state index contributed by atoms with van der Waals surface area (Å²) in [4.78, 5) is 43.5. The van der Waals surface area contributed by atoms with Crippen molar-refractivity contribution in [3.63, 3.8) is 0 Å². The number of thiophene rings is 3. The second-order valence-electron chi connectivity index (χ2n) is 34.3. The number of nitrogens with zero attached hydrogens (tertiary/aromatic N) is 18. The molecule has 0 unspecified atom stereocenters. The van der Waals surface area contributed by atoms with E-state index in [-0.39, 0.29) is 33.4 Å². The minimum absolute atomic E-state index is 0.215. The predicted octanol–water partition coefficient (Wildman–Crippen LogP) is 30.2. The fraction of sp³-hybridized carbons (Fsp3) is 0. The van der Waals surface area contributed by atoms with E-state index in [1.807, 2.05) is 255 Å². The molecule has 21 heteroatoms. The summed E-state index contributed by atoms with van der Waals surface area (Å²) in [6.07, 6.45) is 0. The van der Waals surface area contributed by atoms with Crippen molar-refractivity contribution in [1.29, 1.82) is 31.6 Å². The summed E-state index contributed by atoms with van der Waals surface area (Å²) in [7, 11) is 0. The van der Waals surface area contributed by atoms with Crippen molar-refractivity contribution in [3.05, 3.63) is 434 Å². The summed E-state index contributed by atoms with van der Waals surface area (Å²) in [5, 5.41) is 77.9. The molecule has 0 fully saturated rings. The summed E-state index contributed by atoms with van der Waals surface area (Å²) in [5.74, 6) is 3.91. The molecule has 18 nitrogen and oxygen atoms in total. The van der Waals surface area contributed by atoms with Crippen LogP contribution in [0.2, 0.25) is 0 Å². The van der Waals surface area contributed by atoms with Gasteiger partial charge in [-0.2, -0.15) is 31.6 Å². The van der Waals surface area contributed by atoms with Gasteiger partial charge in [0.1, 0.15) is 36.4 Å². The topological polar surface area (TPSA) is 274 Å². The highest BCUT2D eigenvalue weighted by atomic mass is 32.1. The van der Waals surface area contributed by atoms with Crippen LogP contribution in [0.4, 0.5) is 0 Å². The molecule has 0 aliphatic heterocycles. The Balaban J connectivity index is 0.000000113. The number of aromatic nitrogens is 12. The largest absolute Gasteiger partial charge is 0.308 e. The standard InChI is InChI=1S/3C41H22N6S/c42-23-31-29(41-45-39(25-11-3-1-4-12-25)44-40(46-41)26-13-5-2-6-14-26)19-21-34(32(31)24-43)47-33-17-9-7-15-27(33)28-20-22-36-37(38(28)47)30-16-8-10-18-35(30)48-36;42-23-32-29(41-45-39(25-11-3-1-4-12-25)44-40(46-41)26-13-5-2-6-14-26)19-20-35(33(32)24-43)47-34-17-9-7-15-27(34)30-21-31-28-16-8-10-18-37(28)48-38(31)22-36(30)47;42-23-32-31(41-45-39(25-11-3-1-4-12-25)44-40(46-41)26-13-5-2-6-14-26)21-22-35(33(32)24-43)47-34-17-9-7-15-27(34)29-19-20-30-28-16-8-10-18-36(28)48-38(30)37(29)47/h3*1-22H. The lowest BCUT2D eigenvalue weighted by Crippen LogP contribution is -2.05. The zero-order valence-corrected chi connectivity index (χ0v) is 78.3. The molecule has 27 aromatic rings. The molecule has 0 aliphatic carbocycles. The number of para-hydroxylation sites is 3. The van der Waals surface area contributed by atoms with Gasteiger partial charge in [0.15, 0.2) is 52.4 Å². The highest BCUT2D eigenvalue weighted by molar-refractivity contribution is 7.27. The summed E-state index contributed by atoms with van der Waals surface area (Å²) < 4.78 is 13.5. The van der Waals surface area contributed by atoms with Crippen molar-refractivity contribution < 1.29 is 0 Å². The number of benzene rings is 18. The van der Waals surface area contributed by atoms with Crippen molar-refractivity contribution >= 4 is 160 Å². The van der Waals surface area contributed by atoms with Gasteiger partial charge in [-0.1, -0.05) is 309 Å². The molecule has 0 spiro atoms. The molecule has 0 atom stereocenters. The van der Waals surface area contributed by atoms with E-state index in [2.05, 4.69) is 196 Å². The van der Waals surface area contributed by atoms with Crippen LogP contribution in [0.1, 0.15) is 33.4 Å². The Morgan fingerprint density at radius 2 is 0.465 bits per heavy atom. The first-order valence-corrected chi connectivity index (χ1v) is 48.7. The van der Waals surface area contributed by atoms with Gasteiger partial charge in [0.2, 0.25) is 0 Å². The molecule has 0 radical (unpaired) electrons. The summed E-state index contributed by atoms with van der Waals surface area (Å²) in [5.41, 5.74) is 15.6. The molecule has 0 saturated heterocycles. The third kappa shape index (κ3) is 14.5. The van der Waals surface area contributed by atoms with E-state index in [4.69, 9.17) is 44.9 Å². The molecule has 27 rings (SSSR count). The van der Waals surface area contributed by atoms with Crippen LogP contribution in [0.25, 0.3) is 245 Å². The lowest BCUT2D eigenvalue weighted by atomic mass is 9.99. The van der Waals surface area contributed by atoms with Gasteiger partial charge in [-0.05, 0) is 91.0 Å². The zero-order valence-electron chi connectivity index (χ0n) is 75.9. The highest BCUT2D eigenvalue weighted by Gasteiger charge is 2.30. The van der Waals surface area contributed by atoms with E-state index in [9.17, 15) is 31.6 Å². The van der Waals surface area contributed by atoms with E-state index >= 15 is 0 Å². The molecule has 0 amide bonds. The zero-order chi connectivity index (χ0) is 96.6. The van der Waals surface area contributed by atoms with Gasteiger partial charge in [-0.25, -0.2) is 44.9 Å². The van der Waals surface area contributed by atoms with Crippen LogP contribution in [0.15, 0.2) is 400 Å². The monoisotopic (exact) mass is 1890 g/mol. The molecular weight excluding hydrogens is 1830 g/mol. The van der Waals surface area contributed by atoms with Gasteiger partial charge in [0.25, 0.3) is 0 Å². The SMILES string of the molecule is N#Cc1c(-c2nc(-c3ccccc3)nc(-c3ccccc3)n2)ccc(-n2c3ccccc3c3cc4c(cc32)sc2ccccc24)c1C#N.N#Cc1c(-c2nc(-c3ccccc3)nc(-c3ccccc3)n2)ccc(-n2c3ccccc3c3ccc4c5ccccc5sc4c32)c1C#N.N#Cc1c(-c2nc(-c3ccccc3)nc(-c3ccccc3)n2)ccc(-n2c3ccccc3c3ccc4sc5ccccc5c4c32)c1C#N. The van der Waals surface area contributed by atoms with Gasteiger partial charge in [-0.15, -0.1) is 34.0 Å². The molecule has 9 heterocycles. The Hall–Kier alpha value is -20.0. The number of hydrogen-bond acceptors (Lipinski definition) is 18. The van der Waals surface area contributed by atoms with Gasteiger partial charge >= 0.3 is 0 Å². The first-order valence-electron chi connectivity index (χ1n) is 46.2. The first-order chi connectivity index (χ1) is 71.2. The second-order valence-corrected chi connectivity index (χ2v) is 37.5. The summed E-state index contributed by atoms with van der Waals surface area (Å²) in [6, 6.07) is 147. The maximum Gasteiger partial charge on any atom is 0.165 e. The molecule has 18 aromatic carbocycles. The summed E-state index contributed by atoms with van der Waals surface area (Å²) in [6.45, 7) is 0. The van der Waals surface area contributed by atoms with Crippen LogP contribution in [0, 0.1) is 68.0 Å². The Kier molecular flexibility index (Phi) is 21.3. The number of fused-ring (bicyclic) bond motifs is 20. The molecule has 144 heavy (non-hydrogen) atoms. The van der Waals surface area contributed by atoms with Crippen molar-refractivity contribution in [1.82, 2.24) is 58.6 Å². The quantitative estimate of drug-likeness (QED) is 0.110. The fourth-order valence-corrected chi connectivity index (χ4v) is 23.3. The lowest BCUT2D eigenvalue weighted by Gasteiger charge is -2.15. The van der Waals surface area contributed by atoms with Crippen molar-refractivity contribution in [3.8, 4) is 156 Å². The smallest absolute Gasteiger partial charge is 0.165 e. The van der Waals surface area contributed by atoms with Crippen LogP contribution < -0.4 is 0 Å². The van der Waals surface area contributed by atoms with E-state index in [0.717, 1.165) is 129 Å². The van der Waals surface area contributed by atoms with Crippen LogP contribution in [-0.4, -0.2) is 58.6 Å². The van der Waals surface area contributed by atoms with Crippen LogP contribution >= 0.6 is 34.0 Å². The fourth-order valence-electron chi connectivity index (χ4n) is 19.8. The van der Waals surface area contributed by atoms with E-state index in [1.54, 1.807) is 34.0 Å². The van der Waals surface area contributed by atoms with Gasteiger partial charge in [-0.3, -0.25) is 0 Å². The van der Waals surface area contributed by atoms with Crippen LogP contribution in [0.3, 0.4) is 0 Å². The van der Waals surface area contributed by atoms with Crippen molar-refractivity contribution in [2.45, 2.75) is 0 Å². The third-order valence-electron chi connectivity index (χ3n) is 26.3. The Morgan fingerprint density at radius 3 is 0.861 bits per heavy atom. The summed E-state index contributed by atoms with van der Waals surface area (Å²) >= 11 is 5.25. The minimum atomic E-state index is 0.215. The molecule has 0 aliphatic rings. The van der Waals surface area contributed by atoms with E-state index in [1.165, 1.54) is 30.3 Å². The first kappa shape index (κ1) is 85.6. The molecule has 666 valence electrons. The second kappa shape index (κ2) is 35.8. The van der Waals surface area contributed by atoms with Crippen LogP contribution in [0.5, 0.6) is 0 Å². The normalized spacial score (nSPS) is 11.3. The molecule has 0 saturated carbocycles. The third-order valence-corrected chi connectivity index (χ3v) is 29.8. The minimum Gasteiger partial charge on any atom is -0.308 e. The van der Waals surface area contributed by atoms with E-state index < -0.39 is 0 Å². The lowest BCUT2D eigenvalue weighted by molar-refractivity contribution is 1.07. The number of rotatable bonds is 12. The van der Waals surface area contributed by atoms with Crippen molar-refractivity contribution in [2.24, 2.45) is 0 Å². The molecule has 9 aromatic heterocycles. The highest BCUT2D eigenvalue weighted by Crippen LogP contribution is 2.49. The molecule has 0 bridgehead atoms. The molecule has 0 N–H and O–H groups in total. The maximum absolute atomic E-state index is 10.8. The van der Waals surface area contributed by atoms with Gasteiger partial charge in [0.05, 0.1) is 88.2 Å². The Labute approximate surface area is 833 Å². The molecular formula is C123H66N18S3.